The number of carbonyl (C=O) groups excluding carboxylic acids is 1. The molecule has 0 amide bonds. The molecule has 0 bridgehead atoms. The van der Waals surface area contributed by atoms with Crippen molar-refractivity contribution >= 4 is 30.0 Å². The highest BCUT2D eigenvalue weighted by Crippen LogP contribution is 2.14. The first kappa shape index (κ1) is 10.6. The Kier molecular flexibility index (Phi) is 3.82. The molecule has 0 saturated carbocycles. The molecule has 1 aromatic carbocycles. The summed E-state index contributed by atoms with van der Waals surface area (Å²) in [4.78, 5) is 12.2. The van der Waals surface area contributed by atoms with Crippen LogP contribution in [-0.2, 0) is 0 Å². The fourth-order valence-electron chi connectivity index (χ4n) is 1.15. The van der Waals surface area contributed by atoms with E-state index in [1.807, 2.05) is 19.1 Å². The highest BCUT2D eigenvalue weighted by atomic mass is 35.5. The second kappa shape index (κ2) is 4.68. The molecule has 0 aliphatic rings. The van der Waals surface area contributed by atoms with Crippen LogP contribution in [0.4, 0.5) is 0 Å². The number of halogens is 1. The van der Waals surface area contributed by atoms with Gasteiger partial charge in [-0.1, -0.05) is 0 Å². The minimum absolute atomic E-state index is 0.0778. The minimum atomic E-state index is 0.0778. The maximum Gasteiger partial charge on any atom is 0.164 e. The van der Waals surface area contributed by atoms with Crippen LogP contribution in [0, 0.1) is 6.92 Å². The molecule has 13 heavy (non-hydrogen) atoms. The Morgan fingerprint density at radius 3 is 2.69 bits per heavy atom. The van der Waals surface area contributed by atoms with Gasteiger partial charge in [0.2, 0.25) is 0 Å². The van der Waals surface area contributed by atoms with Crippen LogP contribution >= 0.6 is 24.2 Å². The van der Waals surface area contributed by atoms with Gasteiger partial charge >= 0.3 is 0 Å². The predicted molar refractivity (Wildman–Crippen MR) is 58.1 cm³/mol. The molecule has 1 aromatic rings. The number of benzene rings is 1. The number of rotatable bonds is 3. The lowest BCUT2D eigenvalue weighted by Gasteiger charge is -2.01. The second-order valence-corrected chi connectivity index (χ2v) is 3.81. The molecule has 70 valence electrons. The Hall–Kier alpha value is -0.470. The Bertz CT molecular complexity index is 302. The largest absolute Gasteiger partial charge is 0.294 e. The van der Waals surface area contributed by atoms with Crippen LogP contribution in [0.5, 0.6) is 0 Å². The number of thiol groups is 1. The van der Waals surface area contributed by atoms with Crippen LogP contribution in [0.25, 0.3) is 0 Å². The van der Waals surface area contributed by atoms with Crippen LogP contribution < -0.4 is 0 Å². The van der Waals surface area contributed by atoms with Gasteiger partial charge in [-0.05, 0) is 30.7 Å². The summed E-state index contributed by atoms with van der Waals surface area (Å²) >= 11 is 9.69. The van der Waals surface area contributed by atoms with E-state index in [1.54, 1.807) is 6.07 Å². The number of carbonyl (C=O) groups is 1. The van der Waals surface area contributed by atoms with E-state index in [1.165, 1.54) is 0 Å². The molecular formula is C10H11ClOS. The van der Waals surface area contributed by atoms with Crippen LogP contribution in [-0.4, -0.2) is 11.7 Å². The van der Waals surface area contributed by atoms with Gasteiger partial charge in [-0.15, -0.1) is 24.2 Å². The van der Waals surface area contributed by atoms with Crippen molar-refractivity contribution in [2.75, 3.05) is 5.88 Å². The molecule has 0 spiro atoms. The Morgan fingerprint density at radius 2 is 2.15 bits per heavy atom. The smallest absolute Gasteiger partial charge is 0.164 e. The van der Waals surface area contributed by atoms with Gasteiger partial charge in [-0.25, -0.2) is 0 Å². The third-order valence-corrected chi connectivity index (χ3v) is 2.15. The van der Waals surface area contributed by atoms with Crippen molar-refractivity contribution in [3.05, 3.63) is 29.3 Å². The normalized spacial score (nSPS) is 10.1. The first-order chi connectivity index (χ1) is 6.13. The molecule has 0 N–H and O–H groups in total. The molecule has 0 aliphatic carbocycles. The lowest BCUT2D eigenvalue weighted by molar-refractivity contribution is 0.0989. The second-order valence-electron chi connectivity index (χ2n) is 2.92. The quantitative estimate of drug-likeness (QED) is 0.465. The molecule has 0 aromatic heterocycles. The summed E-state index contributed by atoms with van der Waals surface area (Å²) in [5.41, 5.74) is 1.75. The zero-order chi connectivity index (χ0) is 9.84. The molecule has 0 unspecified atom stereocenters. The van der Waals surface area contributed by atoms with Crippen molar-refractivity contribution in [1.82, 2.24) is 0 Å². The van der Waals surface area contributed by atoms with Crippen LogP contribution in [0.1, 0.15) is 22.3 Å². The molecule has 1 nitrogen and oxygen atoms in total. The summed E-state index contributed by atoms with van der Waals surface area (Å²) < 4.78 is 0. The molecule has 3 heteroatoms. The van der Waals surface area contributed by atoms with E-state index in [2.05, 4.69) is 12.6 Å². The number of hydrogen-bond acceptors (Lipinski definition) is 2. The standard InChI is InChI=1S/C10H11ClOS/c1-7-4-8(6-9(13)5-7)10(12)2-3-11/h4-6,13H,2-3H2,1H3. The number of alkyl halides is 1. The Labute approximate surface area is 88.5 Å². The molecule has 1 rings (SSSR count). The molecule has 0 radical (unpaired) electrons. The first-order valence-electron chi connectivity index (χ1n) is 4.03. The number of ketones is 1. The van der Waals surface area contributed by atoms with Gasteiger partial charge in [-0.2, -0.15) is 0 Å². The van der Waals surface area contributed by atoms with Crippen molar-refractivity contribution < 1.29 is 4.79 Å². The van der Waals surface area contributed by atoms with Crippen LogP contribution in [0.3, 0.4) is 0 Å². The van der Waals surface area contributed by atoms with E-state index < -0.39 is 0 Å². The van der Waals surface area contributed by atoms with Gasteiger partial charge in [-0.3, -0.25) is 4.79 Å². The molecule has 0 fully saturated rings. The molecule has 0 saturated heterocycles. The van der Waals surface area contributed by atoms with E-state index in [0.29, 0.717) is 17.9 Å². The lowest BCUT2D eigenvalue weighted by Crippen LogP contribution is -2.00. The van der Waals surface area contributed by atoms with Gasteiger partial charge < -0.3 is 0 Å². The summed E-state index contributed by atoms with van der Waals surface area (Å²) in [5, 5.41) is 0. The van der Waals surface area contributed by atoms with E-state index in [0.717, 1.165) is 10.5 Å². The van der Waals surface area contributed by atoms with Gasteiger partial charge in [0, 0.05) is 22.8 Å². The SMILES string of the molecule is Cc1cc(S)cc(C(=O)CCCl)c1. The van der Waals surface area contributed by atoms with Gasteiger partial charge in [0.1, 0.15) is 0 Å². The van der Waals surface area contributed by atoms with Gasteiger partial charge in [0.15, 0.2) is 5.78 Å². The summed E-state index contributed by atoms with van der Waals surface area (Å²) in [6.45, 7) is 1.94. The summed E-state index contributed by atoms with van der Waals surface area (Å²) in [6.07, 6.45) is 0.387. The summed E-state index contributed by atoms with van der Waals surface area (Å²) in [6, 6.07) is 5.54. The monoisotopic (exact) mass is 214 g/mol. The Balaban J connectivity index is 2.94. The zero-order valence-corrected chi connectivity index (χ0v) is 9.03. The van der Waals surface area contributed by atoms with Crippen molar-refractivity contribution in [3.8, 4) is 0 Å². The van der Waals surface area contributed by atoms with E-state index in [9.17, 15) is 4.79 Å². The molecular weight excluding hydrogens is 204 g/mol. The number of Topliss-reactive ketones (excluding diaryl/α,β-unsaturated/α-hetero) is 1. The average molecular weight is 215 g/mol. The molecule has 0 heterocycles. The van der Waals surface area contributed by atoms with Gasteiger partial charge in [0.25, 0.3) is 0 Å². The number of hydrogen-bond donors (Lipinski definition) is 1. The molecule has 0 aliphatic heterocycles. The highest BCUT2D eigenvalue weighted by molar-refractivity contribution is 7.80. The predicted octanol–water partition coefficient (Wildman–Crippen LogP) is 3.10. The molecule has 0 atom stereocenters. The number of aryl methyl sites for hydroxylation is 1. The highest BCUT2D eigenvalue weighted by Gasteiger charge is 2.05. The fourth-order valence-corrected chi connectivity index (χ4v) is 1.67. The Morgan fingerprint density at radius 1 is 1.46 bits per heavy atom. The fraction of sp³-hybridized carbons (Fsp3) is 0.300. The average Bonchev–Trinajstić information content (AvgIpc) is 2.03. The maximum atomic E-state index is 11.4. The van der Waals surface area contributed by atoms with Crippen molar-refractivity contribution in [1.29, 1.82) is 0 Å². The van der Waals surface area contributed by atoms with Crippen molar-refractivity contribution in [2.24, 2.45) is 0 Å². The topological polar surface area (TPSA) is 17.1 Å². The zero-order valence-electron chi connectivity index (χ0n) is 7.38. The van der Waals surface area contributed by atoms with Crippen LogP contribution in [0.2, 0.25) is 0 Å². The van der Waals surface area contributed by atoms with Crippen LogP contribution in [0.15, 0.2) is 23.1 Å². The van der Waals surface area contributed by atoms with E-state index in [-0.39, 0.29) is 5.78 Å². The van der Waals surface area contributed by atoms with E-state index in [4.69, 9.17) is 11.6 Å². The third-order valence-electron chi connectivity index (χ3n) is 1.71. The lowest BCUT2D eigenvalue weighted by atomic mass is 10.1. The van der Waals surface area contributed by atoms with Crippen molar-refractivity contribution in [3.63, 3.8) is 0 Å². The maximum absolute atomic E-state index is 11.4. The summed E-state index contributed by atoms with van der Waals surface area (Å²) in [7, 11) is 0. The van der Waals surface area contributed by atoms with E-state index >= 15 is 0 Å². The minimum Gasteiger partial charge on any atom is -0.294 e. The third kappa shape index (κ3) is 3.05. The van der Waals surface area contributed by atoms with Gasteiger partial charge in [0.05, 0.1) is 0 Å². The first-order valence-corrected chi connectivity index (χ1v) is 5.01. The van der Waals surface area contributed by atoms with Crippen molar-refractivity contribution in [2.45, 2.75) is 18.2 Å². The summed E-state index contributed by atoms with van der Waals surface area (Å²) in [5.74, 6) is 0.448.